The molecular weight excluding hydrogens is 254 g/mol. The minimum Gasteiger partial charge on any atom is -0.377 e. The largest absolute Gasteiger partial charge is 0.377 e. The third kappa shape index (κ3) is 4.76. The van der Waals surface area contributed by atoms with Crippen molar-refractivity contribution in [2.75, 3.05) is 30.9 Å². The molecule has 0 aliphatic rings. The standard InChI is InChI=1S/C15H21N3O2/c1-5-14(19)16-9-8-15(20)17-12-6-7-13(18(3)4)11(2)10-12/h5-7,10H,1,8-9H2,2-4H3,(H,16,19)(H,17,20). The molecule has 0 bridgehead atoms. The lowest BCUT2D eigenvalue weighted by molar-refractivity contribution is -0.117. The molecule has 1 aromatic carbocycles. The van der Waals surface area contributed by atoms with Gasteiger partial charge < -0.3 is 15.5 Å². The molecule has 20 heavy (non-hydrogen) atoms. The second kappa shape index (κ2) is 7.33. The molecular formula is C15H21N3O2. The number of hydrogen-bond acceptors (Lipinski definition) is 3. The predicted molar refractivity (Wildman–Crippen MR) is 82.0 cm³/mol. The number of nitrogens with zero attached hydrogens (tertiary/aromatic N) is 1. The Morgan fingerprint density at radius 3 is 2.60 bits per heavy atom. The van der Waals surface area contributed by atoms with Gasteiger partial charge in [-0.15, -0.1) is 0 Å². The van der Waals surface area contributed by atoms with Crippen molar-refractivity contribution in [2.24, 2.45) is 0 Å². The summed E-state index contributed by atoms with van der Waals surface area (Å²) < 4.78 is 0. The van der Waals surface area contributed by atoms with Gasteiger partial charge in [-0.2, -0.15) is 0 Å². The van der Waals surface area contributed by atoms with Crippen LogP contribution in [0.4, 0.5) is 11.4 Å². The van der Waals surface area contributed by atoms with Gasteiger partial charge in [-0.1, -0.05) is 6.58 Å². The molecule has 1 rings (SSSR count). The van der Waals surface area contributed by atoms with Crippen LogP contribution in [0.25, 0.3) is 0 Å². The van der Waals surface area contributed by atoms with E-state index < -0.39 is 0 Å². The van der Waals surface area contributed by atoms with Gasteiger partial charge in [0.15, 0.2) is 0 Å². The van der Waals surface area contributed by atoms with Gasteiger partial charge in [0.05, 0.1) is 0 Å². The van der Waals surface area contributed by atoms with Crippen LogP contribution >= 0.6 is 0 Å². The van der Waals surface area contributed by atoms with E-state index in [1.54, 1.807) is 0 Å². The lowest BCUT2D eigenvalue weighted by Gasteiger charge is -2.16. The first-order chi connectivity index (χ1) is 9.43. The van der Waals surface area contributed by atoms with E-state index in [-0.39, 0.29) is 18.2 Å². The van der Waals surface area contributed by atoms with E-state index in [0.29, 0.717) is 6.54 Å². The molecule has 1 aromatic rings. The quantitative estimate of drug-likeness (QED) is 0.777. The Hall–Kier alpha value is -2.30. The highest BCUT2D eigenvalue weighted by Gasteiger charge is 2.06. The number of anilines is 2. The molecule has 0 saturated heterocycles. The van der Waals surface area contributed by atoms with Crippen LogP contribution in [-0.4, -0.2) is 32.5 Å². The van der Waals surface area contributed by atoms with E-state index in [9.17, 15) is 9.59 Å². The fraction of sp³-hybridized carbons (Fsp3) is 0.333. The van der Waals surface area contributed by atoms with Gasteiger partial charge in [0.1, 0.15) is 0 Å². The lowest BCUT2D eigenvalue weighted by Crippen LogP contribution is -2.25. The first-order valence-corrected chi connectivity index (χ1v) is 6.42. The third-order valence-corrected chi connectivity index (χ3v) is 2.80. The molecule has 0 heterocycles. The molecule has 0 aliphatic heterocycles. The maximum atomic E-state index is 11.7. The second-order valence-corrected chi connectivity index (χ2v) is 4.69. The zero-order valence-corrected chi connectivity index (χ0v) is 12.2. The molecule has 2 N–H and O–H groups in total. The number of nitrogens with one attached hydrogen (secondary N) is 2. The number of carbonyl (C=O) groups is 2. The van der Waals surface area contributed by atoms with Crippen LogP contribution in [0.1, 0.15) is 12.0 Å². The number of carbonyl (C=O) groups excluding carboxylic acids is 2. The van der Waals surface area contributed by atoms with Crippen LogP contribution < -0.4 is 15.5 Å². The van der Waals surface area contributed by atoms with Gasteiger partial charge in [-0.3, -0.25) is 9.59 Å². The van der Waals surface area contributed by atoms with E-state index in [1.807, 2.05) is 44.1 Å². The van der Waals surface area contributed by atoms with Gasteiger partial charge in [-0.25, -0.2) is 0 Å². The van der Waals surface area contributed by atoms with Gasteiger partial charge >= 0.3 is 0 Å². The summed E-state index contributed by atoms with van der Waals surface area (Å²) in [5.41, 5.74) is 2.96. The second-order valence-electron chi connectivity index (χ2n) is 4.69. The Kier molecular flexibility index (Phi) is 5.77. The van der Waals surface area contributed by atoms with Crippen molar-refractivity contribution < 1.29 is 9.59 Å². The Morgan fingerprint density at radius 2 is 2.05 bits per heavy atom. The average molecular weight is 275 g/mol. The molecule has 0 aliphatic carbocycles. The lowest BCUT2D eigenvalue weighted by atomic mass is 10.1. The highest BCUT2D eigenvalue weighted by Crippen LogP contribution is 2.21. The number of benzene rings is 1. The van der Waals surface area contributed by atoms with Crippen LogP contribution in [0.3, 0.4) is 0 Å². The molecule has 0 spiro atoms. The number of aryl methyl sites for hydroxylation is 1. The maximum absolute atomic E-state index is 11.7. The molecule has 0 saturated carbocycles. The molecule has 0 radical (unpaired) electrons. The summed E-state index contributed by atoms with van der Waals surface area (Å²) in [6.07, 6.45) is 1.41. The van der Waals surface area contributed by atoms with Gasteiger partial charge in [0.2, 0.25) is 11.8 Å². The van der Waals surface area contributed by atoms with E-state index in [0.717, 1.165) is 16.9 Å². The summed E-state index contributed by atoms with van der Waals surface area (Å²) in [4.78, 5) is 24.7. The molecule has 5 heteroatoms. The van der Waals surface area contributed by atoms with E-state index in [4.69, 9.17) is 0 Å². The fourth-order valence-corrected chi connectivity index (χ4v) is 1.83. The average Bonchev–Trinajstić information content (AvgIpc) is 2.38. The molecule has 5 nitrogen and oxygen atoms in total. The summed E-state index contributed by atoms with van der Waals surface area (Å²) in [6, 6.07) is 5.75. The Bertz CT molecular complexity index is 510. The topological polar surface area (TPSA) is 61.4 Å². The fourth-order valence-electron chi connectivity index (χ4n) is 1.83. The number of rotatable bonds is 6. The smallest absolute Gasteiger partial charge is 0.243 e. The Labute approximate surface area is 119 Å². The Morgan fingerprint density at radius 1 is 1.35 bits per heavy atom. The van der Waals surface area contributed by atoms with Crippen molar-refractivity contribution in [3.05, 3.63) is 36.4 Å². The van der Waals surface area contributed by atoms with Gasteiger partial charge in [-0.05, 0) is 36.8 Å². The zero-order valence-electron chi connectivity index (χ0n) is 12.2. The molecule has 0 unspecified atom stereocenters. The Balaban J connectivity index is 2.52. The zero-order chi connectivity index (χ0) is 15.1. The number of hydrogen-bond donors (Lipinski definition) is 2. The maximum Gasteiger partial charge on any atom is 0.243 e. The first-order valence-electron chi connectivity index (χ1n) is 6.42. The normalized spacial score (nSPS) is 9.75. The predicted octanol–water partition coefficient (Wildman–Crippen LogP) is 1.69. The summed E-state index contributed by atoms with van der Waals surface area (Å²) in [6.45, 7) is 5.63. The van der Waals surface area contributed by atoms with Gasteiger partial charge in [0.25, 0.3) is 0 Å². The van der Waals surface area contributed by atoms with E-state index in [1.165, 1.54) is 6.08 Å². The minimum absolute atomic E-state index is 0.133. The van der Waals surface area contributed by atoms with Crippen LogP contribution in [0.5, 0.6) is 0 Å². The summed E-state index contributed by atoms with van der Waals surface area (Å²) >= 11 is 0. The van der Waals surface area contributed by atoms with Crippen molar-refractivity contribution >= 4 is 23.2 Å². The minimum atomic E-state index is -0.274. The molecule has 0 aromatic heterocycles. The monoisotopic (exact) mass is 275 g/mol. The third-order valence-electron chi connectivity index (χ3n) is 2.80. The van der Waals surface area contributed by atoms with Crippen molar-refractivity contribution in [3.8, 4) is 0 Å². The molecule has 2 amide bonds. The highest BCUT2D eigenvalue weighted by molar-refractivity contribution is 5.92. The molecule has 0 fully saturated rings. The summed E-state index contributed by atoms with van der Waals surface area (Å²) in [7, 11) is 3.95. The van der Waals surface area contributed by atoms with Crippen molar-refractivity contribution in [1.82, 2.24) is 5.32 Å². The van der Waals surface area contributed by atoms with Crippen molar-refractivity contribution in [2.45, 2.75) is 13.3 Å². The van der Waals surface area contributed by atoms with Crippen LogP contribution in [0.2, 0.25) is 0 Å². The van der Waals surface area contributed by atoms with Crippen molar-refractivity contribution in [3.63, 3.8) is 0 Å². The highest BCUT2D eigenvalue weighted by atomic mass is 16.2. The summed E-state index contributed by atoms with van der Waals surface area (Å²) in [5, 5.41) is 5.37. The molecule has 0 atom stereocenters. The van der Waals surface area contributed by atoms with Crippen molar-refractivity contribution in [1.29, 1.82) is 0 Å². The SMILES string of the molecule is C=CC(=O)NCCC(=O)Nc1ccc(N(C)C)c(C)c1. The van der Waals surface area contributed by atoms with Crippen LogP contribution in [0.15, 0.2) is 30.9 Å². The van der Waals surface area contributed by atoms with E-state index in [2.05, 4.69) is 17.2 Å². The first kappa shape index (κ1) is 15.8. The van der Waals surface area contributed by atoms with Crippen LogP contribution in [0, 0.1) is 6.92 Å². The molecule has 108 valence electrons. The summed E-state index contributed by atoms with van der Waals surface area (Å²) in [5.74, 6) is -0.407. The van der Waals surface area contributed by atoms with Gasteiger partial charge in [0, 0.05) is 38.4 Å². The van der Waals surface area contributed by atoms with Crippen LogP contribution in [-0.2, 0) is 9.59 Å². The van der Waals surface area contributed by atoms with E-state index >= 15 is 0 Å². The number of amides is 2.